The third-order valence-electron chi connectivity index (χ3n) is 9.23. The number of fused-ring (bicyclic) bond motifs is 8. The molecule has 2 bridgehead atoms. The van der Waals surface area contributed by atoms with E-state index in [9.17, 15) is 0 Å². The zero-order valence-electron chi connectivity index (χ0n) is 26.2. The summed E-state index contributed by atoms with van der Waals surface area (Å²) < 4.78 is 43.0. The number of para-hydroxylation sites is 1. The summed E-state index contributed by atoms with van der Waals surface area (Å²) >= 11 is 0. The van der Waals surface area contributed by atoms with Gasteiger partial charge in [-0.3, -0.25) is 0 Å². The molecule has 1 spiro atoms. The van der Waals surface area contributed by atoms with Gasteiger partial charge in [0.2, 0.25) is 0 Å². The highest BCUT2D eigenvalue weighted by Gasteiger charge is 2.56. The highest BCUT2D eigenvalue weighted by molar-refractivity contribution is 5.86. The predicted octanol–water partition coefficient (Wildman–Crippen LogP) is 9.91. The Morgan fingerprint density at radius 3 is 2.11 bits per heavy atom. The van der Waals surface area contributed by atoms with Crippen LogP contribution in [0.3, 0.4) is 0 Å². The fraction of sp³-hybridized carbons (Fsp3) is 0.189. The van der Waals surface area contributed by atoms with Crippen molar-refractivity contribution in [3.05, 3.63) is 138 Å². The quantitative estimate of drug-likeness (QED) is 0.240. The second kappa shape index (κ2) is 8.46. The number of benzene rings is 5. The lowest BCUT2D eigenvalue weighted by Crippen LogP contribution is -2.31. The van der Waals surface area contributed by atoms with Crippen molar-refractivity contribution in [3.8, 4) is 22.3 Å². The highest BCUT2D eigenvalue weighted by Crippen LogP contribution is 2.66. The second-order valence-corrected chi connectivity index (χ2v) is 11.0. The molecule has 8 rings (SSSR count). The van der Waals surface area contributed by atoms with Crippen molar-refractivity contribution in [2.75, 3.05) is 4.90 Å². The van der Waals surface area contributed by atoms with E-state index in [1.807, 2.05) is 53.4 Å². The van der Waals surface area contributed by atoms with E-state index in [2.05, 4.69) is 48.5 Å². The fourth-order valence-electron chi connectivity index (χ4n) is 7.71. The zero-order chi connectivity index (χ0) is 29.5. The van der Waals surface area contributed by atoms with Gasteiger partial charge in [-0.2, -0.15) is 0 Å². The molecule has 0 aliphatic heterocycles. The summed E-state index contributed by atoms with van der Waals surface area (Å²) in [5, 5.41) is 0. The summed E-state index contributed by atoms with van der Waals surface area (Å²) in [4.78, 5) is 1.86. The molecule has 0 radical (unpaired) electrons. The summed E-state index contributed by atoms with van der Waals surface area (Å²) in [6.45, 7) is 0. The van der Waals surface area contributed by atoms with Crippen LogP contribution >= 0.6 is 0 Å². The molecule has 0 N–H and O–H groups in total. The summed E-state index contributed by atoms with van der Waals surface area (Å²) in [6.07, 6.45) is 4.93. The van der Waals surface area contributed by atoms with Crippen LogP contribution in [0.4, 0.5) is 17.1 Å². The van der Waals surface area contributed by atoms with Gasteiger partial charge in [-0.1, -0.05) is 97.3 Å². The Morgan fingerprint density at radius 1 is 0.632 bits per heavy atom. The van der Waals surface area contributed by atoms with E-state index in [0.29, 0.717) is 5.92 Å². The van der Waals surface area contributed by atoms with Crippen molar-refractivity contribution in [3.63, 3.8) is 0 Å². The molecule has 2 saturated carbocycles. The molecule has 3 atom stereocenters. The molecule has 0 aromatic heterocycles. The van der Waals surface area contributed by atoms with Crippen LogP contribution in [0.1, 0.15) is 43.7 Å². The average molecular weight is 495 g/mol. The van der Waals surface area contributed by atoms with Gasteiger partial charge in [0, 0.05) is 22.5 Å². The standard InChI is InChI=1S/C37H31N/c1-3-9-27(10-4-1)28-16-19-31(20-17-28)38(30-11-5-2-6-12-30)32-21-22-34-33-13-7-8-14-35(33)37(36(34)24-32)25-26-15-18-29(37)23-26/h1-14,16-17,19-22,24,26,29H,15,18,23,25H2/t26-,29+,37+/m0/s1/i2D,5D,6D,11D,12D. The molecule has 0 unspecified atom stereocenters. The van der Waals surface area contributed by atoms with Crippen molar-refractivity contribution in [1.29, 1.82) is 0 Å². The van der Waals surface area contributed by atoms with E-state index in [-0.39, 0.29) is 41.3 Å². The van der Waals surface area contributed by atoms with Crippen molar-refractivity contribution in [2.45, 2.75) is 31.1 Å². The number of anilines is 3. The molecule has 2 fully saturated rings. The van der Waals surface area contributed by atoms with E-state index < -0.39 is 0 Å². The van der Waals surface area contributed by atoms with E-state index in [1.54, 1.807) is 0 Å². The van der Waals surface area contributed by atoms with E-state index in [0.717, 1.165) is 34.8 Å². The van der Waals surface area contributed by atoms with Crippen molar-refractivity contribution in [2.24, 2.45) is 11.8 Å². The first-order valence-electron chi connectivity index (χ1n) is 16.2. The third kappa shape index (κ3) is 3.18. The first-order valence-corrected chi connectivity index (χ1v) is 13.7. The number of hydrogen-bond donors (Lipinski definition) is 0. The summed E-state index contributed by atoms with van der Waals surface area (Å²) in [5.74, 6) is 1.32. The van der Waals surface area contributed by atoms with Gasteiger partial charge in [0.05, 0.1) is 6.85 Å². The molecule has 0 saturated heterocycles. The molecule has 0 heterocycles. The van der Waals surface area contributed by atoms with Crippen molar-refractivity contribution >= 4 is 17.1 Å². The van der Waals surface area contributed by atoms with Crippen LogP contribution < -0.4 is 4.90 Å². The third-order valence-corrected chi connectivity index (χ3v) is 9.23. The first-order chi connectivity index (χ1) is 20.9. The van der Waals surface area contributed by atoms with Crippen LogP contribution in [-0.4, -0.2) is 0 Å². The Morgan fingerprint density at radius 2 is 1.34 bits per heavy atom. The van der Waals surface area contributed by atoms with Gasteiger partial charge in [-0.05, 0) is 101 Å². The Labute approximate surface area is 232 Å². The van der Waals surface area contributed by atoms with Crippen LogP contribution in [0.5, 0.6) is 0 Å². The lowest BCUT2D eigenvalue weighted by atomic mass is 9.67. The lowest BCUT2D eigenvalue weighted by molar-refractivity contribution is 0.327. The molecule has 1 nitrogen and oxygen atoms in total. The monoisotopic (exact) mass is 494 g/mol. The lowest BCUT2D eigenvalue weighted by Gasteiger charge is -2.37. The van der Waals surface area contributed by atoms with E-state index in [4.69, 9.17) is 6.85 Å². The average Bonchev–Trinajstić information content (AvgIpc) is 3.75. The molecule has 3 aliphatic rings. The van der Waals surface area contributed by atoms with Gasteiger partial charge in [-0.25, -0.2) is 0 Å². The van der Waals surface area contributed by atoms with E-state index in [1.165, 1.54) is 41.5 Å². The first kappa shape index (κ1) is 17.4. The van der Waals surface area contributed by atoms with Crippen molar-refractivity contribution < 1.29 is 6.85 Å². The molecular formula is C37H31N. The van der Waals surface area contributed by atoms with Crippen LogP contribution in [0, 0.1) is 11.8 Å². The van der Waals surface area contributed by atoms with Gasteiger partial charge < -0.3 is 4.90 Å². The van der Waals surface area contributed by atoms with Crippen LogP contribution in [0.2, 0.25) is 0 Å². The molecule has 38 heavy (non-hydrogen) atoms. The Balaban J connectivity index is 1.34. The summed E-state index contributed by atoms with van der Waals surface area (Å²) in [7, 11) is 0. The molecule has 0 amide bonds. The number of hydrogen-bond acceptors (Lipinski definition) is 1. The Kier molecular flexibility index (Phi) is 3.88. The van der Waals surface area contributed by atoms with Crippen LogP contribution in [0.15, 0.2) is 127 Å². The van der Waals surface area contributed by atoms with Gasteiger partial charge >= 0.3 is 0 Å². The largest absolute Gasteiger partial charge is 0.310 e. The fourth-order valence-corrected chi connectivity index (χ4v) is 7.71. The SMILES string of the molecule is [2H]c1c([2H])c([2H])c(N(c2ccc(-c3ccccc3)cc2)c2ccc3c(c2)[C@@]2(C[C@H]4CC[C@@H]2C4)c2ccccc2-3)c([2H])c1[2H]. The van der Waals surface area contributed by atoms with Crippen LogP contribution in [0.25, 0.3) is 22.3 Å². The number of rotatable bonds is 4. The predicted molar refractivity (Wildman–Crippen MR) is 158 cm³/mol. The maximum Gasteiger partial charge on any atom is 0.0645 e. The molecule has 1 heteroatoms. The molecule has 5 aromatic rings. The zero-order valence-corrected chi connectivity index (χ0v) is 21.2. The van der Waals surface area contributed by atoms with Gasteiger partial charge in [0.1, 0.15) is 0 Å². The summed E-state index contributed by atoms with van der Waals surface area (Å²) in [6, 6.07) is 32.0. The minimum atomic E-state index is -0.386. The second-order valence-electron chi connectivity index (χ2n) is 11.0. The maximum atomic E-state index is 8.91. The molecular weight excluding hydrogens is 458 g/mol. The van der Waals surface area contributed by atoms with Gasteiger partial charge in [-0.15, -0.1) is 0 Å². The van der Waals surface area contributed by atoms with Crippen LogP contribution in [-0.2, 0) is 5.41 Å². The van der Waals surface area contributed by atoms with Gasteiger partial charge in [0.15, 0.2) is 0 Å². The number of nitrogens with zero attached hydrogens (tertiary/aromatic N) is 1. The molecule has 5 aromatic carbocycles. The Hall–Kier alpha value is -4.10. The van der Waals surface area contributed by atoms with Crippen molar-refractivity contribution in [1.82, 2.24) is 0 Å². The normalized spacial score (nSPS) is 24.3. The molecule has 3 aliphatic carbocycles. The van der Waals surface area contributed by atoms with Gasteiger partial charge in [0.25, 0.3) is 0 Å². The Bertz CT molecular complexity index is 1870. The highest BCUT2D eigenvalue weighted by atomic mass is 15.1. The minimum Gasteiger partial charge on any atom is -0.310 e. The minimum absolute atomic E-state index is 0.0342. The summed E-state index contributed by atoms with van der Waals surface area (Å²) in [5.41, 5.74) is 9.13. The smallest absolute Gasteiger partial charge is 0.0645 e. The van der Waals surface area contributed by atoms with E-state index >= 15 is 0 Å². The topological polar surface area (TPSA) is 3.24 Å². The molecule has 184 valence electrons. The maximum absolute atomic E-state index is 8.91.